The maximum atomic E-state index is 3.16. The van der Waals surface area contributed by atoms with Crippen LogP contribution in [0.25, 0.3) is 0 Å². The van der Waals surface area contributed by atoms with Crippen molar-refractivity contribution in [2.45, 2.75) is 20.8 Å². The number of rotatable bonds is 4. The van der Waals surface area contributed by atoms with Crippen LogP contribution in [0.3, 0.4) is 0 Å². The quantitative estimate of drug-likeness (QED) is 0.550. The zero-order valence-electron chi connectivity index (χ0n) is 5.94. The van der Waals surface area contributed by atoms with Gasteiger partial charge in [-0.25, -0.2) is 5.01 Å². The Labute approximate surface area is 51.8 Å². The number of hydrogen-bond donors (Lipinski definition) is 1. The average Bonchev–Trinajstić information content (AvgIpc) is 1.83. The van der Waals surface area contributed by atoms with Gasteiger partial charge in [0.15, 0.2) is 0 Å². The molecule has 0 aliphatic heterocycles. The Kier molecular flexibility index (Phi) is 5.01. The van der Waals surface area contributed by atoms with Crippen LogP contribution in [0.1, 0.15) is 20.8 Å². The van der Waals surface area contributed by atoms with Crippen LogP contribution in [0.4, 0.5) is 0 Å². The highest BCUT2D eigenvalue weighted by Gasteiger charge is 1.91. The molecule has 0 rings (SSSR count). The highest BCUT2D eigenvalue weighted by Crippen LogP contribution is 1.82. The van der Waals surface area contributed by atoms with Gasteiger partial charge in [0.25, 0.3) is 0 Å². The average molecular weight is 115 g/mol. The first-order valence-corrected chi connectivity index (χ1v) is 3.14. The van der Waals surface area contributed by atoms with Crippen molar-refractivity contribution in [1.29, 1.82) is 0 Å². The molecule has 2 nitrogen and oxygen atoms in total. The first-order valence-electron chi connectivity index (χ1n) is 3.14. The smallest absolute Gasteiger partial charge is 0.0382 e. The van der Waals surface area contributed by atoms with Gasteiger partial charge in [0.2, 0.25) is 0 Å². The summed E-state index contributed by atoms with van der Waals surface area (Å²) in [4.78, 5) is 0. The van der Waals surface area contributed by atoms with Crippen LogP contribution in [-0.4, -0.2) is 18.1 Å². The second-order valence-corrected chi connectivity index (χ2v) is 1.56. The summed E-state index contributed by atoms with van der Waals surface area (Å²) in [5, 5.41) is 2.06. The molecular weight excluding hydrogens is 100 g/mol. The minimum atomic E-state index is 0.998. The maximum absolute atomic E-state index is 3.16. The molecular formula is C6H15N2. The van der Waals surface area contributed by atoms with E-state index in [1.807, 2.05) is 13.5 Å². The minimum Gasteiger partial charge on any atom is -0.255 e. The number of hydrazine groups is 1. The molecule has 0 unspecified atom stereocenters. The van der Waals surface area contributed by atoms with Gasteiger partial charge < -0.3 is 0 Å². The van der Waals surface area contributed by atoms with E-state index in [1.54, 1.807) is 0 Å². The summed E-state index contributed by atoms with van der Waals surface area (Å²) >= 11 is 0. The molecule has 0 aromatic rings. The molecule has 49 valence electrons. The van der Waals surface area contributed by atoms with E-state index in [1.165, 1.54) is 0 Å². The van der Waals surface area contributed by atoms with E-state index in [2.05, 4.69) is 24.3 Å². The lowest BCUT2D eigenvalue weighted by Crippen LogP contribution is -2.34. The van der Waals surface area contributed by atoms with E-state index in [4.69, 9.17) is 0 Å². The van der Waals surface area contributed by atoms with E-state index >= 15 is 0 Å². The van der Waals surface area contributed by atoms with Crippen molar-refractivity contribution in [2.75, 3.05) is 13.1 Å². The third-order valence-corrected chi connectivity index (χ3v) is 1.01. The predicted molar refractivity (Wildman–Crippen MR) is 36.0 cm³/mol. The fourth-order valence-electron chi connectivity index (χ4n) is 0.589. The van der Waals surface area contributed by atoms with Crippen LogP contribution < -0.4 is 5.43 Å². The van der Waals surface area contributed by atoms with Gasteiger partial charge in [-0.3, -0.25) is 5.43 Å². The lowest BCUT2D eigenvalue weighted by molar-refractivity contribution is 0.258. The van der Waals surface area contributed by atoms with E-state index in [0.717, 1.165) is 13.1 Å². The summed E-state index contributed by atoms with van der Waals surface area (Å²) < 4.78 is 0. The van der Waals surface area contributed by atoms with Crippen LogP contribution in [0.5, 0.6) is 0 Å². The van der Waals surface area contributed by atoms with Crippen LogP contribution in [0.15, 0.2) is 0 Å². The Morgan fingerprint density at radius 2 is 2.12 bits per heavy atom. The van der Waals surface area contributed by atoms with Crippen LogP contribution in [-0.2, 0) is 0 Å². The summed E-state index contributed by atoms with van der Waals surface area (Å²) in [5.41, 5.74) is 3.16. The highest BCUT2D eigenvalue weighted by atomic mass is 15.5. The molecule has 0 saturated carbocycles. The summed E-state index contributed by atoms with van der Waals surface area (Å²) in [7, 11) is 0. The molecule has 0 aromatic heterocycles. The van der Waals surface area contributed by atoms with Crippen molar-refractivity contribution >= 4 is 0 Å². The molecule has 0 aliphatic carbocycles. The minimum absolute atomic E-state index is 0.998. The third-order valence-electron chi connectivity index (χ3n) is 1.01. The number of nitrogens with one attached hydrogen (secondary N) is 1. The van der Waals surface area contributed by atoms with Gasteiger partial charge in [0.05, 0.1) is 0 Å². The van der Waals surface area contributed by atoms with Crippen molar-refractivity contribution in [1.82, 2.24) is 10.4 Å². The van der Waals surface area contributed by atoms with Gasteiger partial charge in [-0.1, -0.05) is 13.8 Å². The first-order chi connectivity index (χ1) is 3.85. The Bertz CT molecular complexity index is 41.8. The first kappa shape index (κ1) is 7.92. The lowest BCUT2D eigenvalue weighted by Gasteiger charge is -2.16. The van der Waals surface area contributed by atoms with E-state index < -0.39 is 0 Å². The summed E-state index contributed by atoms with van der Waals surface area (Å²) in [6.45, 7) is 10.3. The summed E-state index contributed by atoms with van der Waals surface area (Å²) in [6.07, 6.45) is 0. The Balaban J connectivity index is 3.07. The largest absolute Gasteiger partial charge is 0.255 e. The fraction of sp³-hybridized carbons (Fsp3) is 0.833. The topological polar surface area (TPSA) is 15.3 Å². The standard InChI is InChI=1S/C6H15N2/c1-4-7-8(5-2)6-3/h5,7H,4,6H2,1-3H3. The Hall–Kier alpha value is -0.0800. The Morgan fingerprint density at radius 1 is 1.50 bits per heavy atom. The molecule has 1 N–H and O–H groups in total. The molecule has 0 amide bonds. The van der Waals surface area contributed by atoms with Crippen molar-refractivity contribution in [3.05, 3.63) is 6.54 Å². The van der Waals surface area contributed by atoms with Crippen molar-refractivity contribution in [3.8, 4) is 0 Å². The molecule has 0 spiro atoms. The zero-order chi connectivity index (χ0) is 6.41. The zero-order valence-corrected chi connectivity index (χ0v) is 5.94. The molecule has 8 heavy (non-hydrogen) atoms. The molecule has 0 saturated heterocycles. The van der Waals surface area contributed by atoms with Gasteiger partial charge in [-0.15, -0.1) is 0 Å². The van der Waals surface area contributed by atoms with Gasteiger partial charge >= 0.3 is 0 Å². The molecule has 1 radical (unpaired) electrons. The molecule has 0 aromatic carbocycles. The predicted octanol–water partition coefficient (Wildman–Crippen LogP) is 1.01. The van der Waals surface area contributed by atoms with Gasteiger partial charge in [0.1, 0.15) is 0 Å². The van der Waals surface area contributed by atoms with Crippen molar-refractivity contribution in [2.24, 2.45) is 0 Å². The van der Waals surface area contributed by atoms with Crippen LogP contribution in [0, 0.1) is 6.54 Å². The van der Waals surface area contributed by atoms with Gasteiger partial charge in [0, 0.05) is 19.6 Å². The highest BCUT2D eigenvalue weighted by molar-refractivity contribution is 4.53. The van der Waals surface area contributed by atoms with Crippen LogP contribution >= 0.6 is 0 Å². The van der Waals surface area contributed by atoms with Gasteiger partial charge in [-0.2, -0.15) is 0 Å². The molecule has 0 heterocycles. The molecule has 0 atom stereocenters. The van der Waals surface area contributed by atoms with Crippen molar-refractivity contribution < 1.29 is 0 Å². The summed E-state index contributed by atoms with van der Waals surface area (Å²) in [6, 6.07) is 0. The second kappa shape index (κ2) is 5.06. The fourth-order valence-corrected chi connectivity index (χ4v) is 0.589. The number of nitrogens with zero attached hydrogens (tertiary/aromatic N) is 1. The lowest BCUT2D eigenvalue weighted by atomic mass is 10.6. The van der Waals surface area contributed by atoms with E-state index in [0.29, 0.717) is 0 Å². The number of hydrogen-bond acceptors (Lipinski definition) is 2. The second-order valence-electron chi connectivity index (χ2n) is 1.56. The van der Waals surface area contributed by atoms with E-state index in [9.17, 15) is 0 Å². The van der Waals surface area contributed by atoms with Crippen molar-refractivity contribution in [3.63, 3.8) is 0 Å². The molecule has 0 fully saturated rings. The molecule has 0 bridgehead atoms. The summed E-state index contributed by atoms with van der Waals surface area (Å²) in [5.74, 6) is 0. The SMILES string of the molecule is C[CH]N(CC)NCC. The molecule has 0 aliphatic rings. The third kappa shape index (κ3) is 2.99. The Morgan fingerprint density at radius 3 is 2.25 bits per heavy atom. The maximum Gasteiger partial charge on any atom is 0.0382 e. The van der Waals surface area contributed by atoms with Crippen LogP contribution in [0.2, 0.25) is 0 Å². The van der Waals surface area contributed by atoms with E-state index in [-0.39, 0.29) is 0 Å². The normalized spacial score (nSPS) is 10.5. The van der Waals surface area contributed by atoms with Gasteiger partial charge in [-0.05, 0) is 6.92 Å². The molecule has 2 heteroatoms. The monoisotopic (exact) mass is 115 g/mol.